The van der Waals surface area contributed by atoms with E-state index < -0.39 is 6.04 Å². The van der Waals surface area contributed by atoms with Crippen LogP contribution < -0.4 is 10.1 Å². The van der Waals surface area contributed by atoms with Crippen LogP contribution in [0.1, 0.15) is 38.7 Å². The number of amides is 2. The van der Waals surface area contributed by atoms with E-state index in [-0.39, 0.29) is 11.8 Å². The summed E-state index contributed by atoms with van der Waals surface area (Å²) in [6.07, 6.45) is 1.98. The first-order chi connectivity index (χ1) is 14.9. The fourth-order valence-corrected chi connectivity index (χ4v) is 3.97. The van der Waals surface area contributed by atoms with Gasteiger partial charge in [0.2, 0.25) is 11.8 Å². The highest BCUT2D eigenvalue weighted by Crippen LogP contribution is 2.22. The van der Waals surface area contributed by atoms with Crippen LogP contribution >= 0.6 is 23.4 Å². The fourth-order valence-electron chi connectivity index (χ4n) is 2.99. The molecule has 0 spiro atoms. The highest BCUT2D eigenvalue weighted by molar-refractivity contribution is 7.99. The van der Waals surface area contributed by atoms with E-state index in [1.54, 1.807) is 30.7 Å². The lowest BCUT2D eigenvalue weighted by molar-refractivity contribution is -0.140. The Morgan fingerprint density at radius 3 is 2.42 bits per heavy atom. The van der Waals surface area contributed by atoms with Crippen molar-refractivity contribution >= 4 is 35.2 Å². The second-order valence-corrected chi connectivity index (χ2v) is 8.85. The van der Waals surface area contributed by atoms with Gasteiger partial charge in [0.25, 0.3) is 0 Å². The van der Waals surface area contributed by atoms with Crippen LogP contribution in [0.15, 0.2) is 53.4 Å². The van der Waals surface area contributed by atoms with E-state index in [0.717, 1.165) is 34.8 Å². The normalized spacial score (nSPS) is 11.6. The second-order valence-electron chi connectivity index (χ2n) is 7.24. The Morgan fingerprint density at radius 2 is 1.81 bits per heavy atom. The van der Waals surface area contributed by atoms with Crippen LogP contribution in [0, 0.1) is 0 Å². The monoisotopic (exact) mass is 462 g/mol. The average Bonchev–Trinajstić information content (AvgIpc) is 2.79. The van der Waals surface area contributed by atoms with Gasteiger partial charge in [-0.3, -0.25) is 9.59 Å². The summed E-state index contributed by atoms with van der Waals surface area (Å²) >= 11 is 7.61. The Balaban J connectivity index is 1.98. The van der Waals surface area contributed by atoms with Gasteiger partial charge in [0.15, 0.2) is 0 Å². The molecule has 0 bridgehead atoms. The molecule has 1 atom stereocenters. The summed E-state index contributed by atoms with van der Waals surface area (Å²) in [7, 11) is 1.62. The molecule has 0 saturated carbocycles. The number of carbonyl (C=O) groups excluding carboxylic acids is 2. The summed E-state index contributed by atoms with van der Waals surface area (Å²) in [6, 6.07) is 14.7. The van der Waals surface area contributed by atoms with Crippen LogP contribution in [0.4, 0.5) is 0 Å². The van der Waals surface area contributed by atoms with Crippen molar-refractivity contribution in [2.24, 2.45) is 0 Å². The van der Waals surface area contributed by atoms with E-state index in [2.05, 4.69) is 5.32 Å². The Bertz CT molecular complexity index is 828. The summed E-state index contributed by atoms with van der Waals surface area (Å²) in [5.74, 6) is 1.43. The van der Waals surface area contributed by atoms with Crippen molar-refractivity contribution in [2.45, 2.75) is 50.6 Å². The van der Waals surface area contributed by atoms with Crippen LogP contribution in [0.5, 0.6) is 5.75 Å². The summed E-state index contributed by atoms with van der Waals surface area (Å²) in [6.45, 7) is 4.78. The van der Waals surface area contributed by atoms with Crippen molar-refractivity contribution in [3.05, 3.63) is 59.1 Å². The van der Waals surface area contributed by atoms with Gasteiger partial charge < -0.3 is 15.0 Å². The molecule has 2 aromatic rings. The summed E-state index contributed by atoms with van der Waals surface area (Å²) in [5, 5.41) is 3.61. The lowest BCUT2D eigenvalue weighted by Gasteiger charge is -2.29. The topological polar surface area (TPSA) is 58.6 Å². The van der Waals surface area contributed by atoms with E-state index >= 15 is 0 Å². The first-order valence-electron chi connectivity index (χ1n) is 10.5. The molecule has 7 heteroatoms. The number of hydrogen-bond acceptors (Lipinski definition) is 4. The first kappa shape index (κ1) is 25.1. The van der Waals surface area contributed by atoms with E-state index in [1.807, 2.05) is 55.5 Å². The zero-order chi connectivity index (χ0) is 22.6. The molecule has 168 valence electrons. The number of hydrogen-bond donors (Lipinski definition) is 1. The second kappa shape index (κ2) is 13.3. The molecule has 0 aliphatic heterocycles. The van der Waals surface area contributed by atoms with Crippen LogP contribution in [0.3, 0.4) is 0 Å². The molecule has 0 fully saturated rings. The van der Waals surface area contributed by atoms with Gasteiger partial charge in [0, 0.05) is 29.4 Å². The van der Waals surface area contributed by atoms with Gasteiger partial charge in [0.05, 0.1) is 7.11 Å². The van der Waals surface area contributed by atoms with Crippen molar-refractivity contribution in [1.82, 2.24) is 10.2 Å². The molecule has 0 unspecified atom stereocenters. The summed E-state index contributed by atoms with van der Waals surface area (Å²) < 4.78 is 5.21. The molecule has 0 aliphatic rings. The molecule has 0 saturated heterocycles. The smallest absolute Gasteiger partial charge is 0.242 e. The maximum Gasteiger partial charge on any atom is 0.242 e. The number of nitrogens with zero attached hydrogens (tertiary/aromatic N) is 1. The number of rotatable bonds is 12. The molecule has 2 amide bonds. The van der Waals surface area contributed by atoms with Gasteiger partial charge in [-0.1, -0.05) is 30.7 Å². The predicted molar refractivity (Wildman–Crippen MR) is 128 cm³/mol. The Morgan fingerprint density at radius 1 is 1.13 bits per heavy atom. The maximum absolute atomic E-state index is 13.0. The molecular weight excluding hydrogens is 432 g/mol. The van der Waals surface area contributed by atoms with Crippen LogP contribution in [-0.4, -0.2) is 42.2 Å². The third kappa shape index (κ3) is 8.46. The van der Waals surface area contributed by atoms with Crippen molar-refractivity contribution in [2.75, 3.05) is 19.4 Å². The molecule has 0 aromatic heterocycles. The third-order valence-corrected chi connectivity index (χ3v) is 6.20. The van der Waals surface area contributed by atoms with Crippen molar-refractivity contribution in [3.8, 4) is 5.75 Å². The minimum Gasteiger partial charge on any atom is -0.497 e. The molecule has 5 nitrogen and oxygen atoms in total. The highest BCUT2D eigenvalue weighted by atomic mass is 35.5. The number of nitrogens with one attached hydrogen (secondary N) is 1. The molecule has 2 aromatic carbocycles. The quantitative estimate of drug-likeness (QED) is 0.349. The number of ether oxygens (including phenoxy) is 1. The van der Waals surface area contributed by atoms with Crippen molar-refractivity contribution < 1.29 is 14.3 Å². The predicted octanol–water partition coefficient (Wildman–Crippen LogP) is 5.16. The average molecular weight is 463 g/mol. The Kier molecular flexibility index (Phi) is 10.7. The standard InChI is InChI=1S/C24H31ClN2O3S/c1-4-15-26-24(29)18(2)27(17-19-7-11-21(30-3)12-8-19)23(28)6-5-16-31-22-13-9-20(25)10-14-22/h7-14,18H,4-6,15-17H2,1-3H3,(H,26,29)/t18-/m1/s1. The number of methoxy groups -OCH3 is 1. The molecule has 2 rings (SSSR count). The number of halogens is 1. The number of benzene rings is 2. The Hall–Kier alpha value is -2.18. The lowest BCUT2D eigenvalue weighted by Crippen LogP contribution is -2.47. The molecule has 0 aliphatic carbocycles. The summed E-state index contributed by atoms with van der Waals surface area (Å²) in [5.41, 5.74) is 0.958. The van der Waals surface area contributed by atoms with E-state index in [9.17, 15) is 9.59 Å². The molecule has 0 heterocycles. The molecule has 1 N–H and O–H groups in total. The van der Waals surface area contributed by atoms with Crippen LogP contribution in [0.25, 0.3) is 0 Å². The van der Waals surface area contributed by atoms with E-state index in [0.29, 0.717) is 24.5 Å². The van der Waals surface area contributed by atoms with Crippen molar-refractivity contribution in [3.63, 3.8) is 0 Å². The Labute approximate surface area is 194 Å². The molecule has 31 heavy (non-hydrogen) atoms. The van der Waals surface area contributed by atoms with E-state index in [4.69, 9.17) is 16.3 Å². The SMILES string of the molecule is CCCNC(=O)[C@@H](C)N(Cc1ccc(OC)cc1)C(=O)CCCSc1ccc(Cl)cc1. The van der Waals surface area contributed by atoms with Gasteiger partial charge >= 0.3 is 0 Å². The zero-order valence-electron chi connectivity index (χ0n) is 18.4. The highest BCUT2D eigenvalue weighted by Gasteiger charge is 2.25. The first-order valence-corrected chi connectivity index (χ1v) is 11.9. The largest absolute Gasteiger partial charge is 0.497 e. The number of carbonyl (C=O) groups is 2. The van der Waals surface area contributed by atoms with Gasteiger partial charge in [-0.25, -0.2) is 0 Å². The minimum atomic E-state index is -0.537. The maximum atomic E-state index is 13.0. The van der Waals surface area contributed by atoms with Gasteiger partial charge in [-0.2, -0.15) is 0 Å². The summed E-state index contributed by atoms with van der Waals surface area (Å²) in [4.78, 5) is 28.4. The third-order valence-electron chi connectivity index (χ3n) is 4.85. The van der Waals surface area contributed by atoms with E-state index in [1.165, 1.54) is 0 Å². The van der Waals surface area contributed by atoms with Crippen molar-refractivity contribution in [1.29, 1.82) is 0 Å². The molecule has 0 radical (unpaired) electrons. The lowest BCUT2D eigenvalue weighted by atomic mass is 10.1. The van der Waals surface area contributed by atoms with Crippen LogP contribution in [-0.2, 0) is 16.1 Å². The zero-order valence-corrected chi connectivity index (χ0v) is 20.0. The van der Waals surface area contributed by atoms with Crippen LogP contribution in [0.2, 0.25) is 5.02 Å². The fraction of sp³-hybridized carbons (Fsp3) is 0.417. The van der Waals surface area contributed by atoms with Gasteiger partial charge in [0.1, 0.15) is 11.8 Å². The van der Waals surface area contributed by atoms with Gasteiger partial charge in [-0.05, 0) is 67.5 Å². The van der Waals surface area contributed by atoms with Gasteiger partial charge in [-0.15, -0.1) is 11.8 Å². The number of thioether (sulfide) groups is 1. The minimum absolute atomic E-state index is 0.0216. The molecular formula is C24H31ClN2O3S.